The molecule has 1 saturated heterocycles. The number of rotatable bonds is 3. The van der Waals surface area contributed by atoms with Crippen LogP contribution in [0.3, 0.4) is 0 Å². The van der Waals surface area contributed by atoms with Gasteiger partial charge < -0.3 is 14.4 Å². The molecule has 1 fully saturated rings. The summed E-state index contributed by atoms with van der Waals surface area (Å²) < 4.78 is 23.4. The summed E-state index contributed by atoms with van der Waals surface area (Å²) in [5, 5.41) is 0. The molecule has 4 aromatic rings. The number of morpholine rings is 1. The van der Waals surface area contributed by atoms with Gasteiger partial charge in [0.05, 0.1) is 13.2 Å². The van der Waals surface area contributed by atoms with Gasteiger partial charge in [0.2, 0.25) is 0 Å². The minimum atomic E-state index is -0.331. The minimum absolute atomic E-state index is 0.0439. The molecule has 0 radical (unpaired) electrons. The summed E-state index contributed by atoms with van der Waals surface area (Å²) in [4.78, 5) is 33.8. The van der Waals surface area contributed by atoms with Crippen LogP contribution in [0, 0.1) is 43.3 Å². The van der Waals surface area contributed by atoms with E-state index >= 15 is 0 Å². The van der Waals surface area contributed by atoms with Gasteiger partial charge in [-0.1, -0.05) is 36.1 Å². The fraction of sp³-hybridized carbons (Fsp3) is 0.222. The van der Waals surface area contributed by atoms with E-state index in [1.165, 1.54) is 19.1 Å². The van der Waals surface area contributed by atoms with Gasteiger partial charge in [-0.3, -0.25) is 9.59 Å². The Bertz CT molecular complexity index is 1760. The number of carbonyl (C=O) groups is 2. The molecule has 7 nitrogen and oxygen atoms in total. The van der Waals surface area contributed by atoms with E-state index in [1.807, 2.05) is 56.3 Å². The molecule has 0 bridgehead atoms. The van der Waals surface area contributed by atoms with E-state index in [-0.39, 0.29) is 24.3 Å². The van der Waals surface area contributed by atoms with Crippen LogP contribution in [0.5, 0.6) is 0 Å². The smallest absolute Gasteiger partial charge is 0.302 e. The molecule has 2 aromatic carbocycles. The summed E-state index contributed by atoms with van der Waals surface area (Å²) in [7, 11) is 0. The maximum Gasteiger partial charge on any atom is 0.302 e. The number of esters is 1. The third kappa shape index (κ3) is 10.2. The highest BCUT2D eigenvalue weighted by Gasteiger charge is 2.19. The van der Waals surface area contributed by atoms with Gasteiger partial charge in [-0.25, -0.2) is 14.4 Å². The van der Waals surface area contributed by atoms with Crippen LogP contribution in [-0.4, -0.2) is 53.0 Å². The molecule has 5 rings (SSSR count). The lowest BCUT2D eigenvalue weighted by Crippen LogP contribution is -2.40. The molecule has 0 unspecified atom stereocenters. The zero-order valence-corrected chi connectivity index (χ0v) is 24.9. The number of nitrogens with zero attached hydrogens (tertiary/aromatic N) is 3. The lowest BCUT2D eigenvalue weighted by molar-refractivity contribution is -0.142. The number of aromatic nitrogens is 2. The average molecular weight is 590 g/mol. The van der Waals surface area contributed by atoms with Crippen LogP contribution in [0.2, 0.25) is 0 Å². The summed E-state index contributed by atoms with van der Waals surface area (Å²) in [6.07, 6.45) is 0. The second-order valence-electron chi connectivity index (χ2n) is 9.94. The zero-order valence-electron chi connectivity index (χ0n) is 24.9. The number of hydrogen-bond acceptors (Lipinski definition) is 6. The summed E-state index contributed by atoms with van der Waals surface area (Å²) in [5.41, 5.74) is 5.83. The molecule has 8 heteroatoms. The van der Waals surface area contributed by atoms with Gasteiger partial charge in [0, 0.05) is 48.1 Å². The normalized spacial score (nSPS) is 12.0. The van der Waals surface area contributed by atoms with Crippen molar-refractivity contribution in [2.24, 2.45) is 0 Å². The number of pyridine rings is 2. The second-order valence-corrected chi connectivity index (χ2v) is 9.94. The predicted molar refractivity (Wildman–Crippen MR) is 165 cm³/mol. The Hall–Kier alpha value is -5.31. The first kappa shape index (κ1) is 31.6. The first-order chi connectivity index (χ1) is 21.2. The van der Waals surface area contributed by atoms with Gasteiger partial charge >= 0.3 is 5.97 Å². The lowest BCUT2D eigenvalue weighted by Gasteiger charge is -2.26. The number of amides is 1. The number of hydrogen-bond donors (Lipinski definition) is 0. The van der Waals surface area contributed by atoms with Gasteiger partial charge in [-0.15, -0.1) is 0 Å². The van der Waals surface area contributed by atoms with Crippen LogP contribution in [-0.2, 0) is 20.9 Å². The van der Waals surface area contributed by atoms with E-state index in [1.54, 1.807) is 29.2 Å². The number of ether oxygens (including phenoxy) is 2. The van der Waals surface area contributed by atoms with Crippen molar-refractivity contribution in [3.63, 3.8) is 0 Å². The first-order valence-corrected chi connectivity index (χ1v) is 14.1. The molecule has 0 spiro atoms. The van der Waals surface area contributed by atoms with Crippen molar-refractivity contribution < 1.29 is 23.5 Å². The van der Waals surface area contributed by atoms with E-state index in [9.17, 15) is 14.0 Å². The molecule has 0 aliphatic carbocycles. The molecule has 2 aromatic heterocycles. The van der Waals surface area contributed by atoms with Crippen LogP contribution < -0.4 is 0 Å². The molecular weight excluding hydrogens is 557 g/mol. The number of carbonyl (C=O) groups excluding carboxylic acids is 2. The zero-order chi connectivity index (χ0) is 31.3. The molecule has 0 atom stereocenters. The van der Waals surface area contributed by atoms with Crippen LogP contribution >= 0.6 is 0 Å². The van der Waals surface area contributed by atoms with E-state index in [0.717, 1.165) is 28.2 Å². The van der Waals surface area contributed by atoms with Gasteiger partial charge in [0.15, 0.2) is 0 Å². The van der Waals surface area contributed by atoms with E-state index in [4.69, 9.17) is 9.47 Å². The van der Waals surface area contributed by atoms with E-state index in [2.05, 4.69) is 33.6 Å². The third-order valence-corrected chi connectivity index (χ3v) is 6.25. The predicted octanol–water partition coefficient (Wildman–Crippen LogP) is 5.25. The Morgan fingerprint density at radius 3 is 2.18 bits per heavy atom. The Labute approximate surface area is 257 Å². The first-order valence-electron chi connectivity index (χ1n) is 14.1. The van der Waals surface area contributed by atoms with Crippen molar-refractivity contribution in [3.05, 3.63) is 130 Å². The fourth-order valence-electron chi connectivity index (χ4n) is 4.18. The molecule has 1 aliphatic rings. The molecular formula is C36H32FN3O4. The molecule has 0 N–H and O–H groups in total. The van der Waals surface area contributed by atoms with E-state index in [0.29, 0.717) is 43.1 Å². The molecule has 44 heavy (non-hydrogen) atoms. The number of halogens is 1. The average Bonchev–Trinajstić information content (AvgIpc) is 3.02. The summed E-state index contributed by atoms with van der Waals surface area (Å²) in [5.74, 6) is 11.2. The minimum Gasteiger partial charge on any atom is -0.461 e. The van der Waals surface area contributed by atoms with Crippen molar-refractivity contribution in [1.82, 2.24) is 14.9 Å². The second kappa shape index (κ2) is 15.8. The van der Waals surface area contributed by atoms with Crippen LogP contribution in [0.4, 0.5) is 4.39 Å². The van der Waals surface area contributed by atoms with Gasteiger partial charge in [0.25, 0.3) is 5.91 Å². The number of aryl methyl sites for hydroxylation is 2. The van der Waals surface area contributed by atoms with Crippen molar-refractivity contribution in [1.29, 1.82) is 0 Å². The summed E-state index contributed by atoms with van der Waals surface area (Å²) in [6, 6.07) is 22.9. The van der Waals surface area contributed by atoms with Crippen molar-refractivity contribution in [2.45, 2.75) is 27.4 Å². The van der Waals surface area contributed by atoms with Gasteiger partial charge in [-0.05, 0) is 85.8 Å². The van der Waals surface area contributed by atoms with Crippen molar-refractivity contribution in [2.75, 3.05) is 26.3 Å². The quantitative estimate of drug-likeness (QED) is 0.240. The van der Waals surface area contributed by atoms with Gasteiger partial charge in [-0.2, -0.15) is 0 Å². The topological polar surface area (TPSA) is 81.6 Å². The Morgan fingerprint density at radius 2 is 1.48 bits per heavy atom. The Morgan fingerprint density at radius 1 is 0.818 bits per heavy atom. The number of benzene rings is 2. The van der Waals surface area contributed by atoms with Crippen molar-refractivity contribution in [3.8, 4) is 23.7 Å². The molecule has 222 valence electrons. The largest absolute Gasteiger partial charge is 0.461 e. The molecule has 0 saturated carbocycles. The molecule has 1 amide bonds. The van der Waals surface area contributed by atoms with Crippen molar-refractivity contribution >= 4 is 11.9 Å². The maximum atomic E-state index is 13.2. The summed E-state index contributed by atoms with van der Waals surface area (Å²) in [6.45, 7) is 7.72. The highest BCUT2D eigenvalue weighted by molar-refractivity contribution is 5.94. The monoisotopic (exact) mass is 589 g/mol. The summed E-state index contributed by atoms with van der Waals surface area (Å²) >= 11 is 0. The van der Waals surface area contributed by atoms with Gasteiger partial charge in [0.1, 0.15) is 23.8 Å². The van der Waals surface area contributed by atoms with Crippen LogP contribution in [0.25, 0.3) is 0 Å². The molecule has 1 aliphatic heterocycles. The SMILES string of the molecule is CC(=O)OCc1cccc(C#Cc2cccc(C)n2)c1.Cc1cc(C(=O)N2CCOCC2)cc(C#Cc2cccc(F)c2)n1. The van der Waals surface area contributed by atoms with Crippen LogP contribution in [0.15, 0.2) is 78.9 Å². The maximum absolute atomic E-state index is 13.2. The standard InChI is InChI=1S/C19H17FN2O2.C17H15NO2/c1-14-11-16(19(23)22-7-9-24-10-8-22)13-18(21-14)6-5-15-3-2-4-17(20)12-15;1-13-5-3-8-17(18-13)10-9-15-6-4-7-16(11-15)12-20-14(2)19/h2-4,11-13H,7-10H2,1H3;3-8,11H,12H2,1-2H3. The third-order valence-electron chi connectivity index (χ3n) is 6.25. The van der Waals surface area contributed by atoms with Crippen LogP contribution in [0.1, 0.15) is 56.7 Å². The Kier molecular flexibility index (Phi) is 11.3. The lowest BCUT2D eigenvalue weighted by atomic mass is 10.1. The highest BCUT2D eigenvalue weighted by Crippen LogP contribution is 2.11. The highest BCUT2D eigenvalue weighted by atomic mass is 19.1. The fourth-order valence-corrected chi connectivity index (χ4v) is 4.18. The Balaban J connectivity index is 0.000000204. The van der Waals surface area contributed by atoms with E-state index < -0.39 is 0 Å². The molecule has 3 heterocycles.